The van der Waals surface area contributed by atoms with Crippen LogP contribution >= 0.6 is 0 Å². The van der Waals surface area contributed by atoms with Crippen LogP contribution in [0.5, 0.6) is 0 Å². The number of carbonyl (C=O) groups excluding carboxylic acids is 3. The van der Waals surface area contributed by atoms with E-state index in [0.29, 0.717) is 24.1 Å². The number of ether oxygens (including phenoxy) is 1. The lowest BCUT2D eigenvalue weighted by Crippen LogP contribution is -2.50. The minimum absolute atomic E-state index is 0.0548. The predicted molar refractivity (Wildman–Crippen MR) is 133 cm³/mol. The molecule has 0 spiro atoms. The Morgan fingerprint density at radius 1 is 1.21 bits per heavy atom. The van der Waals surface area contributed by atoms with Crippen molar-refractivity contribution in [2.75, 3.05) is 19.7 Å². The van der Waals surface area contributed by atoms with Crippen molar-refractivity contribution in [3.05, 3.63) is 59.7 Å². The third kappa shape index (κ3) is 5.18. The smallest absolute Gasteiger partial charge is 0.412 e. The summed E-state index contributed by atoms with van der Waals surface area (Å²) < 4.78 is 11.9. The van der Waals surface area contributed by atoms with Gasteiger partial charge in [0.05, 0.1) is 17.7 Å². The molecule has 2 aliphatic rings. The standard InChI is InChI=1S/C26H35N2O5Si/c1-8-13-32-24(31)28-17-19(25(3,4)5)15-26(28,33-34(6)7)14-18(2)16-27-22(29)20-11-9-10-12-21(20)23(27)30/h8-12,14,19H,1,13,15-17H2,2-7H3/t19-,26+/m0/s1. The van der Waals surface area contributed by atoms with Gasteiger partial charge < -0.3 is 9.16 Å². The number of imide groups is 1. The second-order valence-electron chi connectivity index (χ2n) is 10.3. The topological polar surface area (TPSA) is 76.2 Å². The highest BCUT2D eigenvalue weighted by atomic mass is 28.3. The van der Waals surface area contributed by atoms with Crippen LogP contribution in [-0.2, 0) is 9.16 Å². The zero-order chi connectivity index (χ0) is 25.3. The van der Waals surface area contributed by atoms with Crippen molar-refractivity contribution in [1.82, 2.24) is 9.80 Å². The molecule has 1 radical (unpaired) electrons. The van der Waals surface area contributed by atoms with E-state index >= 15 is 0 Å². The molecule has 7 nitrogen and oxygen atoms in total. The molecule has 3 amide bonds. The lowest BCUT2D eigenvalue weighted by Gasteiger charge is -2.37. The average molecular weight is 484 g/mol. The van der Waals surface area contributed by atoms with E-state index in [-0.39, 0.29) is 36.3 Å². The van der Waals surface area contributed by atoms with E-state index in [2.05, 4.69) is 27.4 Å². The maximum atomic E-state index is 13.1. The van der Waals surface area contributed by atoms with Gasteiger partial charge in [-0.3, -0.25) is 19.4 Å². The van der Waals surface area contributed by atoms with Gasteiger partial charge >= 0.3 is 6.09 Å². The van der Waals surface area contributed by atoms with E-state index in [9.17, 15) is 14.4 Å². The summed E-state index contributed by atoms with van der Waals surface area (Å²) in [6.45, 7) is 16.7. The second-order valence-corrected chi connectivity index (χ2v) is 12.4. The summed E-state index contributed by atoms with van der Waals surface area (Å²) in [6, 6.07) is 6.85. The third-order valence-electron chi connectivity index (χ3n) is 6.31. The Bertz CT molecular complexity index is 978. The molecule has 1 aromatic carbocycles. The maximum absolute atomic E-state index is 13.1. The van der Waals surface area contributed by atoms with Gasteiger partial charge in [0.1, 0.15) is 6.61 Å². The quantitative estimate of drug-likeness (QED) is 0.314. The normalized spacial score (nSPS) is 23.0. The molecule has 183 valence electrons. The third-order valence-corrected chi connectivity index (χ3v) is 7.07. The van der Waals surface area contributed by atoms with E-state index in [4.69, 9.17) is 9.16 Å². The number of likely N-dealkylation sites (tertiary alicyclic amines) is 1. The monoisotopic (exact) mass is 483 g/mol. The van der Waals surface area contributed by atoms with Crippen molar-refractivity contribution in [2.24, 2.45) is 11.3 Å². The predicted octanol–water partition coefficient (Wildman–Crippen LogP) is 4.88. The Balaban J connectivity index is 1.96. The summed E-state index contributed by atoms with van der Waals surface area (Å²) in [5.41, 5.74) is 0.551. The number of amides is 3. The van der Waals surface area contributed by atoms with Crippen LogP contribution in [0.4, 0.5) is 4.79 Å². The number of nitrogens with zero attached hydrogens (tertiary/aromatic N) is 2. The molecule has 0 unspecified atom stereocenters. The fourth-order valence-electron chi connectivity index (χ4n) is 4.60. The molecule has 2 aliphatic heterocycles. The second kappa shape index (κ2) is 9.88. The van der Waals surface area contributed by atoms with Crippen LogP contribution in [0.2, 0.25) is 13.1 Å². The molecule has 2 heterocycles. The highest BCUT2D eigenvalue weighted by Gasteiger charge is 2.52. The first-order valence-corrected chi connectivity index (χ1v) is 14.0. The van der Waals surface area contributed by atoms with Gasteiger partial charge in [-0.05, 0) is 49.6 Å². The first kappa shape index (κ1) is 25.9. The Morgan fingerprint density at radius 2 is 1.79 bits per heavy atom. The first-order valence-electron chi connectivity index (χ1n) is 11.6. The van der Waals surface area contributed by atoms with E-state index < -0.39 is 20.9 Å². The molecule has 2 atom stereocenters. The van der Waals surface area contributed by atoms with Gasteiger partial charge in [0.2, 0.25) is 9.04 Å². The first-order chi connectivity index (χ1) is 15.9. The number of carbonyl (C=O) groups is 3. The van der Waals surface area contributed by atoms with E-state index in [1.165, 1.54) is 11.0 Å². The highest BCUT2D eigenvalue weighted by molar-refractivity contribution is 6.48. The zero-order valence-corrected chi connectivity index (χ0v) is 22.0. The van der Waals surface area contributed by atoms with Crippen LogP contribution < -0.4 is 0 Å². The van der Waals surface area contributed by atoms with Gasteiger partial charge in [-0.2, -0.15) is 0 Å². The molecule has 1 fully saturated rings. The molecule has 0 saturated carbocycles. The number of benzene rings is 1. The number of hydrogen-bond acceptors (Lipinski definition) is 5. The SMILES string of the molecule is C=CCOC(=O)N1C[C@@H](C(C)(C)C)C[C@@]1(C=C(C)CN1C(=O)c2ccccc2C1=O)O[Si](C)C. The fourth-order valence-corrected chi connectivity index (χ4v) is 5.56. The van der Waals surface area contributed by atoms with Crippen LogP contribution in [0.25, 0.3) is 0 Å². The summed E-state index contributed by atoms with van der Waals surface area (Å²) in [5, 5.41) is 0. The van der Waals surface area contributed by atoms with Gasteiger partial charge in [-0.1, -0.05) is 51.1 Å². The maximum Gasteiger partial charge on any atom is 0.412 e. The van der Waals surface area contributed by atoms with Crippen LogP contribution in [-0.4, -0.2) is 62.2 Å². The minimum Gasteiger partial charge on any atom is -0.445 e. The van der Waals surface area contributed by atoms with E-state index in [1.807, 2.05) is 26.1 Å². The van der Waals surface area contributed by atoms with Crippen LogP contribution in [0.15, 0.2) is 48.6 Å². The molecule has 34 heavy (non-hydrogen) atoms. The molecule has 1 aromatic rings. The Hall–Kier alpha value is -2.71. The van der Waals surface area contributed by atoms with Crippen molar-refractivity contribution in [3.8, 4) is 0 Å². The van der Waals surface area contributed by atoms with Crippen LogP contribution in [0, 0.1) is 11.3 Å². The molecule has 0 aliphatic carbocycles. The van der Waals surface area contributed by atoms with Crippen molar-refractivity contribution >= 4 is 26.9 Å². The zero-order valence-electron chi connectivity index (χ0n) is 21.0. The number of rotatable bonds is 7. The van der Waals surface area contributed by atoms with Crippen molar-refractivity contribution in [2.45, 2.75) is 52.9 Å². The van der Waals surface area contributed by atoms with Gasteiger partial charge in [0.15, 0.2) is 5.72 Å². The van der Waals surface area contributed by atoms with Crippen molar-refractivity contribution < 1.29 is 23.5 Å². The Labute approximate surface area is 204 Å². The summed E-state index contributed by atoms with van der Waals surface area (Å²) >= 11 is 0. The summed E-state index contributed by atoms with van der Waals surface area (Å²) in [5.74, 6) is -0.436. The fraction of sp³-hybridized carbons (Fsp3) is 0.500. The molecule has 8 heteroatoms. The Morgan fingerprint density at radius 3 is 2.29 bits per heavy atom. The van der Waals surface area contributed by atoms with Gasteiger partial charge in [-0.15, -0.1) is 0 Å². The molecule has 1 saturated heterocycles. The lowest BCUT2D eigenvalue weighted by atomic mass is 9.79. The average Bonchev–Trinajstić information content (AvgIpc) is 3.23. The van der Waals surface area contributed by atoms with Crippen LogP contribution in [0.1, 0.15) is 54.8 Å². The van der Waals surface area contributed by atoms with Crippen molar-refractivity contribution in [1.29, 1.82) is 0 Å². The van der Waals surface area contributed by atoms with Gasteiger partial charge in [0, 0.05) is 13.0 Å². The number of hydrogen-bond donors (Lipinski definition) is 0. The Kier molecular flexibility index (Phi) is 7.52. The van der Waals surface area contributed by atoms with Crippen LogP contribution in [0.3, 0.4) is 0 Å². The molecular formula is C26H35N2O5Si. The molecule has 3 rings (SSSR count). The minimum atomic E-state index is -1.23. The summed E-state index contributed by atoms with van der Waals surface area (Å²) in [4.78, 5) is 41.7. The summed E-state index contributed by atoms with van der Waals surface area (Å²) in [6.07, 6.45) is 3.60. The van der Waals surface area contributed by atoms with Gasteiger partial charge in [-0.25, -0.2) is 4.79 Å². The number of fused-ring (bicyclic) bond motifs is 1. The van der Waals surface area contributed by atoms with E-state index in [1.54, 1.807) is 29.2 Å². The molecule has 0 N–H and O–H groups in total. The largest absolute Gasteiger partial charge is 0.445 e. The van der Waals surface area contributed by atoms with Crippen molar-refractivity contribution in [3.63, 3.8) is 0 Å². The highest BCUT2D eigenvalue weighted by Crippen LogP contribution is 2.45. The van der Waals surface area contributed by atoms with Gasteiger partial charge in [0.25, 0.3) is 11.8 Å². The lowest BCUT2D eigenvalue weighted by molar-refractivity contribution is -0.0139. The van der Waals surface area contributed by atoms with E-state index in [0.717, 1.165) is 5.57 Å². The molecule has 0 bridgehead atoms. The summed E-state index contributed by atoms with van der Waals surface area (Å²) in [7, 11) is -1.23. The molecular weight excluding hydrogens is 448 g/mol. The molecule has 0 aromatic heterocycles.